The lowest BCUT2D eigenvalue weighted by atomic mass is 9.88. The normalized spacial score (nSPS) is 48.0. The zero-order chi connectivity index (χ0) is 9.64. The van der Waals surface area contributed by atoms with Crippen molar-refractivity contribution in [2.75, 3.05) is 6.61 Å². The molecule has 1 unspecified atom stereocenters. The van der Waals surface area contributed by atoms with Crippen molar-refractivity contribution in [2.45, 2.75) is 37.4 Å². The van der Waals surface area contributed by atoms with Crippen LogP contribution in [0, 0.1) is 5.41 Å². The molecule has 0 aromatic heterocycles. The third kappa shape index (κ3) is 1.19. The average molecular weight is 190 g/mol. The van der Waals surface area contributed by atoms with Crippen molar-refractivity contribution in [3.8, 4) is 0 Å². The van der Waals surface area contributed by atoms with Gasteiger partial charge in [-0.05, 0) is 12.8 Å². The van der Waals surface area contributed by atoms with E-state index in [2.05, 4.69) is 0 Å². The number of hydrogen-bond donors (Lipinski definition) is 4. The van der Waals surface area contributed by atoms with Gasteiger partial charge in [-0.2, -0.15) is 0 Å². The van der Waals surface area contributed by atoms with Crippen molar-refractivity contribution < 1.29 is 25.2 Å². The lowest BCUT2D eigenvalue weighted by Gasteiger charge is -2.40. The Labute approximate surface area is 75.6 Å². The van der Waals surface area contributed by atoms with Crippen LogP contribution in [0.4, 0.5) is 0 Å². The molecule has 2 aliphatic rings. The van der Waals surface area contributed by atoms with Crippen LogP contribution in [0.15, 0.2) is 0 Å². The van der Waals surface area contributed by atoms with Crippen LogP contribution < -0.4 is 0 Å². The number of aliphatic hydroxyl groups excluding tert-OH is 4. The molecule has 5 nitrogen and oxygen atoms in total. The van der Waals surface area contributed by atoms with E-state index in [0.29, 0.717) is 12.8 Å². The first-order chi connectivity index (χ1) is 6.12. The summed E-state index contributed by atoms with van der Waals surface area (Å²) in [4.78, 5) is 0. The van der Waals surface area contributed by atoms with Gasteiger partial charge >= 0.3 is 0 Å². The largest absolute Gasteiger partial charge is 0.394 e. The standard InChI is InChI=1S/C8H14O5/c9-3-4-5(10)6(11)8(1-2-8)7(12)13-4/h4-7,9-12H,1-3H2/t4-,5+,6+,7?/m1/s1. The van der Waals surface area contributed by atoms with Crippen LogP contribution in [-0.4, -0.2) is 51.6 Å². The van der Waals surface area contributed by atoms with Gasteiger partial charge in [-0.3, -0.25) is 0 Å². The zero-order valence-electron chi connectivity index (χ0n) is 7.13. The van der Waals surface area contributed by atoms with Crippen LogP contribution in [0.2, 0.25) is 0 Å². The van der Waals surface area contributed by atoms with E-state index in [4.69, 9.17) is 9.84 Å². The van der Waals surface area contributed by atoms with E-state index in [1.54, 1.807) is 0 Å². The third-order valence-corrected chi connectivity index (χ3v) is 3.10. The molecule has 4 N–H and O–H groups in total. The second kappa shape index (κ2) is 2.90. The minimum Gasteiger partial charge on any atom is -0.394 e. The molecule has 1 heterocycles. The summed E-state index contributed by atoms with van der Waals surface area (Å²) >= 11 is 0. The maximum absolute atomic E-state index is 9.64. The van der Waals surface area contributed by atoms with E-state index in [-0.39, 0.29) is 0 Å². The van der Waals surface area contributed by atoms with Gasteiger partial charge in [-0.25, -0.2) is 0 Å². The Morgan fingerprint density at radius 1 is 1.23 bits per heavy atom. The molecule has 1 spiro atoms. The molecule has 1 aliphatic heterocycles. The van der Waals surface area contributed by atoms with E-state index in [9.17, 15) is 15.3 Å². The number of rotatable bonds is 1. The lowest BCUT2D eigenvalue weighted by Crippen LogP contribution is -2.56. The van der Waals surface area contributed by atoms with Gasteiger partial charge < -0.3 is 25.2 Å². The molecule has 0 radical (unpaired) electrons. The lowest BCUT2D eigenvalue weighted by molar-refractivity contribution is -0.279. The van der Waals surface area contributed by atoms with Crippen LogP contribution in [0.3, 0.4) is 0 Å². The fourth-order valence-electron chi connectivity index (χ4n) is 1.91. The summed E-state index contributed by atoms with van der Waals surface area (Å²) < 4.78 is 4.99. The van der Waals surface area contributed by atoms with Crippen molar-refractivity contribution in [3.05, 3.63) is 0 Å². The molecular weight excluding hydrogens is 176 g/mol. The first-order valence-corrected chi connectivity index (χ1v) is 4.42. The summed E-state index contributed by atoms with van der Waals surface area (Å²) in [5, 5.41) is 37.4. The Morgan fingerprint density at radius 2 is 1.85 bits per heavy atom. The Kier molecular flexibility index (Phi) is 2.08. The molecule has 13 heavy (non-hydrogen) atoms. The predicted molar refractivity (Wildman–Crippen MR) is 41.6 cm³/mol. The number of ether oxygens (including phenoxy) is 1. The molecule has 2 fully saturated rings. The molecule has 2 rings (SSSR count). The van der Waals surface area contributed by atoms with Gasteiger partial charge in [0, 0.05) is 5.41 Å². The highest BCUT2D eigenvalue weighted by Gasteiger charge is 2.62. The van der Waals surface area contributed by atoms with Crippen LogP contribution in [0.25, 0.3) is 0 Å². The molecule has 0 aromatic rings. The molecule has 0 aromatic carbocycles. The minimum absolute atomic E-state index is 0.397. The van der Waals surface area contributed by atoms with Gasteiger partial charge in [0.1, 0.15) is 12.2 Å². The Bertz CT molecular complexity index is 203. The first-order valence-electron chi connectivity index (χ1n) is 4.42. The van der Waals surface area contributed by atoms with Crippen molar-refractivity contribution in [1.29, 1.82) is 0 Å². The van der Waals surface area contributed by atoms with Crippen molar-refractivity contribution in [3.63, 3.8) is 0 Å². The van der Waals surface area contributed by atoms with Crippen molar-refractivity contribution >= 4 is 0 Å². The van der Waals surface area contributed by atoms with Gasteiger partial charge in [-0.1, -0.05) is 0 Å². The summed E-state index contributed by atoms with van der Waals surface area (Å²) in [6, 6.07) is 0. The minimum atomic E-state index is -1.10. The predicted octanol–water partition coefficient (Wildman–Crippen LogP) is -1.80. The van der Waals surface area contributed by atoms with Gasteiger partial charge in [0.05, 0.1) is 12.7 Å². The van der Waals surface area contributed by atoms with Gasteiger partial charge in [0.15, 0.2) is 6.29 Å². The Morgan fingerprint density at radius 3 is 2.31 bits per heavy atom. The molecule has 1 saturated carbocycles. The monoisotopic (exact) mass is 190 g/mol. The Hall–Kier alpha value is -0.200. The van der Waals surface area contributed by atoms with Crippen LogP contribution in [-0.2, 0) is 4.74 Å². The Balaban J connectivity index is 2.13. The van der Waals surface area contributed by atoms with Gasteiger partial charge in [0.2, 0.25) is 0 Å². The summed E-state index contributed by atoms with van der Waals surface area (Å²) in [5.41, 5.74) is -0.676. The fraction of sp³-hybridized carbons (Fsp3) is 1.00. The van der Waals surface area contributed by atoms with E-state index < -0.39 is 36.6 Å². The van der Waals surface area contributed by atoms with E-state index >= 15 is 0 Å². The maximum atomic E-state index is 9.64. The molecule has 1 saturated heterocycles. The second-order valence-corrected chi connectivity index (χ2v) is 3.88. The molecule has 0 bridgehead atoms. The second-order valence-electron chi connectivity index (χ2n) is 3.88. The summed E-state index contributed by atoms with van der Waals surface area (Å²) in [6.45, 7) is -0.397. The molecule has 1 aliphatic carbocycles. The molecule has 76 valence electrons. The van der Waals surface area contributed by atoms with Crippen molar-refractivity contribution in [2.24, 2.45) is 5.41 Å². The smallest absolute Gasteiger partial charge is 0.163 e. The maximum Gasteiger partial charge on any atom is 0.163 e. The summed E-state index contributed by atoms with van der Waals surface area (Å²) in [6.07, 6.45) is -2.72. The quantitative estimate of drug-likeness (QED) is 0.391. The van der Waals surface area contributed by atoms with Crippen LogP contribution >= 0.6 is 0 Å². The fourth-order valence-corrected chi connectivity index (χ4v) is 1.91. The van der Waals surface area contributed by atoms with Crippen LogP contribution in [0.1, 0.15) is 12.8 Å². The van der Waals surface area contributed by atoms with E-state index in [1.807, 2.05) is 0 Å². The van der Waals surface area contributed by atoms with E-state index in [0.717, 1.165) is 0 Å². The molecule has 5 heteroatoms. The van der Waals surface area contributed by atoms with Crippen molar-refractivity contribution in [1.82, 2.24) is 0 Å². The highest BCUT2D eigenvalue weighted by Crippen LogP contribution is 2.55. The number of aliphatic hydroxyl groups is 4. The van der Waals surface area contributed by atoms with Gasteiger partial charge in [-0.15, -0.1) is 0 Å². The molecular formula is C8H14O5. The SMILES string of the molecule is OC[C@H]1OC(O)C2(CC2)[C@@H](O)[C@H]1O. The summed E-state index contributed by atoms with van der Waals surface area (Å²) in [5.74, 6) is 0. The average Bonchev–Trinajstić information content (AvgIpc) is 2.90. The molecule has 0 amide bonds. The molecule has 4 atom stereocenters. The van der Waals surface area contributed by atoms with E-state index in [1.165, 1.54) is 0 Å². The highest BCUT2D eigenvalue weighted by atomic mass is 16.6. The first kappa shape index (κ1) is 9.36. The zero-order valence-corrected chi connectivity index (χ0v) is 7.13. The third-order valence-electron chi connectivity index (χ3n) is 3.10. The number of hydrogen-bond acceptors (Lipinski definition) is 5. The van der Waals surface area contributed by atoms with Gasteiger partial charge in [0.25, 0.3) is 0 Å². The van der Waals surface area contributed by atoms with Crippen LogP contribution in [0.5, 0.6) is 0 Å². The topological polar surface area (TPSA) is 90.2 Å². The highest BCUT2D eigenvalue weighted by molar-refractivity contribution is 5.07. The summed E-state index contributed by atoms with van der Waals surface area (Å²) in [7, 11) is 0.